The molecule has 0 radical (unpaired) electrons. The van der Waals surface area contributed by atoms with Crippen molar-refractivity contribution in [3.05, 3.63) is 69.7 Å². The van der Waals surface area contributed by atoms with E-state index in [9.17, 15) is 4.79 Å². The van der Waals surface area contributed by atoms with Gasteiger partial charge in [0.05, 0.1) is 0 Å². The number of rotatable bonds is 3. The summed E-state index contributed by atoms with van der Waals surface area (Å²) in [5.41, 5.74) is 3.43. The Morgan fingerprint density at radius 3 is 2.17 bits per heavy atom. The predicted molar refractivity (Wildman–Crippen MR) is 97.7 cm³/mol. The number of carbonyl (C=O) groups excluding carboxylic acids is 1. The van der Waals surface area contributed by atoms with Gasteiger partial charge in [-0.3, -0.25) is 4.79 Å². The van der Waals surface area contributed by atoms with E-state index in [2.05, 4.69) is 6.08 Å². The summed E-state index contributed by atoms with van der Waals surface area (Å²) in [6.45, 7) is 0. The second kappa shape index (κ2) is 7.33. The Morgan fingerprint density at radius 2 is 1.57 bits per heavy atom. The van der Waals surface area contributed by atoms with Gasteiger partial charge in [0.25, 0.3) is 0 Å². The molecule has 0 saturated heterocycles. The normalized spacial score (nSPS) is 19.0. The zero-order valence-corrected chi connectivity index (χ0v) is 14.3. The van der Waals surface area contributed by atoms with Crippen molar-refractivity contribution in [3.8, 4) is 0 Å². The maximum Gasteiger partial charge on any atom is 0.133 e. The van der Waals surface area contributed by atoms with Gasteiger partial charge < -0.3 is 0 Å². The maximum atomic E-state index is 11.9. The summed E-state index contributed by atoms with van der Waals surface area (Å²) in [5, 5.41) is 1.45. The zero-order chi connectivity index (χ0) is 16.2. The highest BCUT2D eigenvalue weighted by Gasteiger charge is 2.23. The summed E-state index contributed by atoms with van der Waals surface area (Å²) in [6.07, 6.45) is 5.53. The van der Waals surface area contributed by atoms with E-state index in [4.69, 9.17) is 23.2 Å². The number of carbonyl (C=O) groups is 1. The summed E-state index contributed by atoms with van der Waals surface area (Å²) in [7, 11) is 0. The van der Waals surface area contributed by atoms with Crippen LogP contribution in [0.3, 0.4) is 0 Å². The Hall–Kier alpha value is -1.57. The predicted octanol–water partition coefficient (Wildman–Crippen LogP) is 6.29. The van der Waals surface area contributed by atoms with Crippen molar-refractivity contribution < 1.29 is 4.79 Å². The summed E-state index contributed by atoms with van der Waals surface area (Å²) in [6, 6.07) is 15.6. The molecule has 0 aromatic heterocycles. The molecular formula is C20H18Cl2O. The Morgan fingerprint density at radius 1 is 0.957 bits per heavy atom. The topological polar surface area (TPSA) is 17.1 Å². The first-order valence-electron chi connectivity index (χ1n) is 7.86. The van der Waals surface area contributed by atoms with Gasteiger partial charge in [0.1, 0.15) is 5.78 Å². The Balaban J connectivity index is 2.00. The van der Waals surface area contributed by atoms with Gasteiger partial charge in [-0.1, -0.05) is 53.5 Å². The molecule has 3 heteroatoms. The first-order chi connectivity index (χ1) is 11.1. The number of ketones is 1. The molecule has 1 unspecified atom stereocenters. The fourth-order valence-electron chi connectivity index (χ4n) is 3.11. The van der Waals surface area contributed by atoms with Crippen molar-refractivity contribution >= 4 is 40.6 Å². The van der Waals surface area contributed by atoms with Gasteiger partial charge in [-0.25, -0.2) is 0 Å². The number of benzene rings is 2. The van der Waals surface area contributed by atoms with Crippen LogP contribution in [0.15, 0.2) is 48.5 Å². The second-order valence-electron chi connectivity index (χ2n) is 5.99. The SMILES string of the molecule is O=C1CCCC(/C(=C/c2ccc(Cl)cc2)c2ccc(Cl)cc2)C1. The largest absolute Gasteiger partial charge is 0.300 e. The number of allylic oxidation sites excluding steroid dienone is 1. The first kappa shape index (κ1) is 16.3. The molecule has 3 rings (SSSR count). The van der Waals surface area contributed by atoms with Crippen molar-refractivity contribution in [1.29, 1.82) is 0 Å². The summed E-state index contributed by atoms with van der Waals surface area (Å²) < 4.78 is 0. The van der Waals surface area contributed by atoms with E-state index >= 15 is 0 Å². The van der Waals surface area contributed by atoms with Crippen molar-refractivity contribution in [2.24, 2.45) is 5.92 Å². The van der Waals surface area contributed by atoms with Crippen LogP contribution in [0.2, 0.25) is 10.0 Å². The minimum absolute atomic E-state index is 0.271. The van der Waals surface area contributed by atoms with Gasteiger partial charge in [-0.2, -0.15) is 0 Å². The Kier molecular flexibility index (Phi) is 5.20. The summed E-state index contributed by atoms with van der Waals surface area (Å²) >= 11 is 12.0. The van der Waals surface area contributed by atoms with E-state index < -0.39 is 0 Å². The van der Waals surface area contributed by atoms with Crippen LogP contribution in [0.25, 0.3) is 11.6 Å². The number of halogens is 2. The molecule has 0 amide bonds. The molecule has 23 heavy (non-hydrogen) atoms. The van der Waals surface area contributed by atoms with Crippen molar-refractivity contribution in [2.45, 2.75) is 25.7 Å². The lowest BCUT2D eigenvalue weighted by molar-refractivity contribution is -0.120. The average molecular weight is 345 g/mol. The van der Waals surface area contributed by atoms with Crippen LogP contribution < -0.4 is 0 Å². The Bertz CT molecular complexity index is 714. The third kappa shape index (κ3) is 4.25. The maximum absolute atomic E-state index is 11.9. The van der Waals surface area contributed by atoms with E-state index in [-0.39, 0.29) is 5.92 Å². The van der Waals surface area contributed by atoms with E-state index in [1.54, 1.807) is 0 Å². The number of hydrogen-bond donors (Lipinski definition) is 0. The molecule has 0 bridgehead atoms. The van der Waals surface area contributed by atoms with Gasteiger partial charge in [-0.05, 0) is 59.7 Å². The van der Waals surface area contributed by atoms with E-state index in [0.717, 1.165) is 34.0 Å². The van der Waals surface area contributed by atoms with E-state index in [1.165, 1.54) is 5.57 Å². The molecule has 118 valence electrons. The smallest absolute Gasteiger partial charge is 0.133 e. The number of Topliss-reactive ketones (excluding diaryl/α,β-unsaturated/α-hetero) is 1. The molecule has 2 aromatic rings. The first-order valence-corrected chi connectivity index (χ1v) is 8.62. The molecule has 1 aliphatic carbocycles. The molecule has 0 aliphatic heterocycles. The summed E-state index contributed by atoms with van der Waals surface area (Å²) in [5.74, 6) is 0.630. The number of hydrogen-bond acceptors (Lipinski definition) is 1. The third-order valence-corrected chi connectivity index (χ3v) is 4.80. The van der Waals surface area contributed by atoms with Crippen molar-refractivity contribution in [1.82, 2.24) is 0 Å². The quantitative estimate of drug-likeness (QED) is 0.597. The highest BCUT2D eigenvalue weighted by Crippen LogP contribution is 2.36. The lowest BCUT2D eigenvalue weighted by Gasteiger charge is -2.24. The van der Waals surface area contributed by atoms with Crippen LogP contribution in [-0.4, -0.2) is 5.78 Å². The van der Waals surface area contributed by atoms with Crippen LogP contribution in [0.1, 0.15) is 36.8 Å². The second-order valence-corrected chi connectivity index (χ2v) is 6.86. The van der Waals surface area contributed by atoms with Crippen molar-refractivity contribution in [2.75, 3.05) is 0 Å². The highest BCUT2D eigenvalue weighted by atomic mass is 35.5. The van der Waals surface area contributed by atoms with E-state index in [0.29, 0.717) is 18.6 Å². The molecule has 0 heterocycles. The lowest BCUT2D eigenvalue weighted by atomic mass is 9.79. The fraction of sp³-hybridized carbons (Fsp3) is 0.250. The fourth-order valence-corrected chi connectivity index (χ4v) is 3.36. The molecular weight excluding hydrogens is 327 g/mol. The molecule has 1 nitrogen and oxygen atoms in total. The third-order valence-electron chi connectivity index (χ3n) is 4.29. The van der Waals surface area contributed by atoms with Gasteiger partial charge in [0, 0.05) is 22.9 Å². The van der Waals surface area contributed by atoms with Crippen molar-refractivity contribution in [3.63, 3.8) is 0 Å². The molecule has 1 fully saturated rings. The monoisotopic (exact) mass is 344 g/mol. The molecule has 1 atom stereocenters. The van der Waals surface area contributed by atoms with Gasteiger partial charge in [0.15, 0.2) is 0 Å². The average Bonchev–Trinajstić information content (AvgIpc) is 2.55. The van der Waals surface area contributed by atoms with Crippen LogP contribution in [0.4, 0.5) is 0 Å². The lowest BCUT2D eigenvalue weighted by Crippen LogP contribution is -2.16. The zero-order valence-electron chi connectivity index (χ0n) is 12.8. The highest BCUT2D eigenvalue weighted by molar-refractivity contribution is 6.30. The van der Waals surface area contributed by atoms with Crippen LogP contribution in [0, 0.1) is 5.92 Å². The molecule has 0 N–H and O–H groups in total. The minimum atomic E-state index is 0.271. The standard InChI is InChI=1S/C20H18Cl2O/c21-17-8-4-14(5-9-17)12-20(15-6-10-18(22)11-7-15)16-2-1-3-19(23)13-16/h4-12,16H,1-3,13H2/b20-12+. The molecule has 2 aromatic carbocycles. The molecule has 0 spiro atoms. The van der Waals surface area contributed by atoms with Gasteiger partial charge >= 0.3 is 0 Å². The van der Waals surface area contributed by atoms with E-state index in [1.807, 2.05) is 48.5 Å². The minimum Gasteiger partial charge on any atom is -0.300 e. The van der Waals surface area contributed by atoms with Crippen LogP contribution in [-0.2, 0) is 4.79 Å². The molecule has 1 aliphatic rings. The van der Waals surface area contributed by atoms with Crippen LogP contribution in [0.5, 0.6) is 0 Å². The summed E-state index contributed by atoms with van der Waals surface area (Å²) in [4.78, 5) is 11.9. The Labute approximate surface area is 146 Å². The van der Waals surface area contributed by atoms with Gasteiger partial charge in [-0.15, -0.1) is 0 Å². The molecule has 1 saturated carbocycles. The van der Waals surface area contributed by atoms with Gasteiger partial charge in [0.2, 0.25) is 0 Å². The van der Waals surface area contributed by atoms with Crippen LogP contribution >= 0.6 is 23.2 Å².